The SMILES string of the molecule is O=C(COc1cc(Cl)ccc1[N+](=O)[O-])N1CCCC1. The first-order chi connectivity index (χ1) is 9.08. The average Bonchev–Trinajstić information content (AvgIpc) is 2.89. The average molecular weight is 285 g/mol. The summed E-state index contributed by atoms with van der Waals surface area (Å²) in [6, 6.07) is 4.02. The van der Waals surface area contributed by atoms with Gasteiger partial charge in [-0.05, 0) is 18.9 Å². The van der Waals surface area contributed by atoms with E-state index in [1.807, 2.05) is 0 Å². The number of ether oxygens (including phenoxy) is 1. The number of hydrogen-bond donors (Lipinski definition) is 0. The minimum Gasteiger partial charge on any atom is -0.477 e. The molecule has 1 fully saturated rings. The van der Waals surface area contributed by atoms with Gasteiger partial charge in [0.05, 0.1) is 4.92 Å². The summed E-state index contributed by atoms with van der Waals surface area (Å²) in [5.41, 5.74) is -0.196. The summed E-state index contributed by atoms with van der Waals surface area (Å²) in [6.45, 7) is 1.24. The summed E-state index contributed by atoms with van der Waals surface area (Å²) >= 11 is 5.77. The van der Waals surface area contributed by atoms with E-state index in [-0.39, 0.29) is 24.0 Å². The monoisotopic (exact) mass is 284 g/mol. The molecule has 1 saturated heterocycles. The molecule has 0 radical (unpaired) electrons. The van der Waals surface area contributed by atoms with Crippen LogP contribution >= 0.6 is 11.6 Å². The second-order valence-electron chi connectivity index (χ2n) is 4.25. The lowest BCUT2D eigenvalue weighted by Gasteiger charge is -2.15. The maximum absolute atomic E-state index is 11.8. The summed E-state index contributed by atoms with van der Waals surface area (Å²) in [5.74, 6) is -0.142. The van der Waals surface area contributed by atoms with Gasteiger partial charge >= 0.3 is 5.69 Å². The van der Waals surface area contributed by atoms with Crippen molar-refractivity contribution < 1.29 is 14.5 Å². The molecule has 7 heteroatoms. The molecule has 1 aliphatic heterocycles. The molecular weight excluding hydrogens is 272 g/mol. The maximum atomic E-state index is 11.8. The lowest BCUT2D eigenvalue weighted by molar-refractivity contribution is -0.385. The Morgan fingerprint density at radius 1 is 1.42 bits per heavy atom. The van der Waals surface area contributed by atoms with Crippen LogP contribution in [0.4, 0.5) is 5.69 Å². The fourth-order valence-electron chi connectivity index (χ4n) is 1.95. The van der Waals surface area contributed by atoms with E-state index in [4.69, 9.17) is 16.3 Å². The van der Waals surface area contributed by atoms with E-state index < -0.39 is 4.92 Å². The van der Waals surface area contributed by atoms with Gasteiger partial charge in [0.25, 0.3) is 5.91 Å². The summed E-state index contributed by atoms with van der Waals surface area (Å²) in [5, 5.41) is 11.1. The first kappa shape index (κ1) is 13.6. The Balaban J connectivity index is 2.04. The smallest absolute Gasteiger partial charge is 0.311 e. The standard InChI is InChI=1S/C12H13ClN2O4/c13-9-3-4-10(15(17)18)11(7-9)19-8-12(16)14-5-1-2-6-14/h3-4,7H,1-2,5-6,8H2. The number of likely N-dealkylation sites (tertiary alicyclic amines) is 1. The van der Waals surface area contributed by atoms with Gasteiger partial charge in [-0.3, -0.25) is 14.9 Å². The van der Waals surface area contributed by atoms with Crippen molar-refractivity contribution in [2.24, 2.45) is 0 Å². The summed E-state index contributed by atoms with van der Waals surface area (Å²) in [4.78, 5) is 23.7. The Morgan fingerprint density at radius 2 is 2.11 bits per heavy atom. The van der Waals surface area contributed by atoms with Gasteiger partial charge in [0.1, 0.15) is 0 Å². The zero-order chi connectivity index (χ0) is 13.8. The second kappa shape index (κ2) is 5.88. The van der Waals surface area contributed by atoms with E-state index in [1.165, 1.54) is 18.2 Å². The molecule has 6 nitrogen and oxygen atoms in total. The number of carbonyl (C=O) groups excluding carboxylic acids is 1. The van der Waals surface area contributed by atoms with Gasteiger partial charge in [0, 0.05) is 30.2 Å². The number of halogens is 1. The van der Waals surface area contributed by atoms with Crippen molar-refractivity contribution in [3.63, 3.8) is 0 Å². The van der Waals surface area contributed by atoms with Crippen molar-refractivity contribution in [1.29, 1.82) is 0 Å². The number of nitro groups is 1. The third-order valence-electron chi connectivity index (χ3n) is 2.93. The second-order valence-corrected chi connectivity index (χ2v) is 4.68. The molecule has 0 unspecified atom stereocenters. The molecule has 1 heterocycles. The molecule has 2 rings (SSSR count). The van der Waals surface area contributed by atoms with Gasteiger partial charge in [-0.2, -0.15) is 0 Å². The highest BCUT2D eigenvalue weighted by Crippen LogP contribution is 2.29. The van der Waals surface area contributed by atoms with E-state index in [9.17, 15) is 14.9 Å². The van der Waals surface area contributed by atoms with E-state index in [0.717, 1.165) is 25.9 Å². The quantitative estimate of drug-likeness (QED) is 0.628. The van der Waals surface area contributed by atoms with Crippen LogP contribution in [0, 0.1) is 10.1 Å². The van der Waals surface area contributed by atoms with Gasteiger partial charge in [-0.1, -0.05) is 11.6 Å². The summed E-state index contributed by atoms with van der Waals surface area (Å²) in [6.07, 6.45) is 1.98. The van der Waals surface area contributed by atoms with Gasteiger partial charge in [0.2, 0.25) is 0 Å². The molecule has 0 spiro atoms. The maximum Gasteiger partial charge on any atom is 0.311 e. The van der Waals surface area contributed by atoms with Crippen molar-refractivity contribution in [2.75, 3.05) is 19.7 Å². The fraction of sp³-hybridized carbons (Fsp3) is 0.417. The first-order valence-electron chi connectivity index (χ1n) is 5.92. The first-order valence-corrected chi connectivity index (χ1v) is 6.30. The van der Waals surface area contributed by atoms with Gasteiger partial charge in [0.15, 0.2) is 12.4 Å². The van der Waals surface area contributed by atoms with Crippen molar-refractivity contribution in [3.8, 4) is 5.75 Å². The zero-order valence-electron chi connectivity index (χ0n) is 10.2. The van der Waals surface area contributed by atoms with Crippen molar-refractivity contribution in [2.45, 2.75) is 12.8 Å². The highest BCUT2D eigenvalue weighted by molar-refractivity contribution is 6.30. The van der Waals surface area contributed by atoms with E-state index in [0.29, 0.717) is 5.02 Å². The van der Waals surface area contributed by atoms with Crippen molar-refractivity contribution in [3.05, 3.63) is 33.3 Å². The number of nitro benzene ring substituents is 1. The lowest BCUT2D eigenvalue weighted by atomic mass is 10.3. The molecule has 19 heavy (non-hydrogen) atoms. The van der Waals surface area contributed by atoms with Crippen LogP contribution in [-0.4, -0.2) is 35.4 Å². The summed E-state index contributed by atoms with van der Waals surface area (Å²) in [7, 11) is 0. The van der Waals surface area contributed by atoms with Crippen LogP contribution < -0.4 is 4.74 Å². The van der Waals surface area contributed by atoms with Crippen LogP contribution in [0.5, 0.6) is 5.75 Å². The summed E-state index contributed by atoms with van der Waals surface area (Å²) < 4.78 is 5.24. The number of rotatable bonds is 4. The number of nitrogens with zero attached hydrogens (tertiary/aromatic N) is 2. The predicted molar refractivity (Wildman–Crippen MR) is 69.4 cm³/mol. The van der Waals surface area contributed by atoms with Crippen molar-refractivity contribution >= 4 is 23.2 Å². The largest absolute Gasteiger partial charge is 0.477 e. The van der Waals surface area contributed by atoms with Gasteiger partial charge < -0.3 is 9.64 Å². The topological polar surface area (TPSA) is 72.7 Å². The molecule has 1 aromatic rings. The molecule has 1 aromatic carbocycles. The van der Waals surface area contributed by atoms with Crippen LogP contribution in [0.15, 0.2) is 18.2 Å². The van der Waals surface area contributed by atoms with Gasteiger partial charge in [-0.15, -0.1) is 0 Å². The van der Waals surface area contributed by atoms with Crippen LogP contribution in [0.2, 0.25) is 5.02 Å². The Bertz CT molecular complexity index is 501. The molecule has 0 bridgehead atoms. The molecule has 0 aromatic heterocycles. The predicted octanol–water partition coefficient (Wildman–Crippen LogP) is 2.25. The molecule has 0 atom stereocenters. The molecule has 0 saturated carbocycles. The Kier molecular flexibility index (Phi) is 4.21. The van der Waals surface area contributed by atoms with E-state index in [1.54, 1.807) is 4.90 Å². The van der Waals surface area contributed by atoms with E-state index in [2.05, 4.69) is 0 Å². The number of carbonyl (C=O) groups is 1. The van der Waals surface area contributed by atoms with Crippen LogP contribution in [-0.2, 0) is 4.79 Å². The number of amides is 1. The minimum atomic E-state index is -0.563. The Morgan fingerprint density at radius 3 is 2.74 bits per heavy atom. The normalized spacial score (nSPS) is 14.5. The lowest BCUT2D eigenvalue weighted by Crippen LogP contribution is -2.32. The highest BCUT2D eigenvalue weighted by Gasteiger charge is 2.21. The van der Waals surface area contributed by atoms with Crippen LogP contribution in [0.25, 0.3) is 0 Å². The Hall–Kier alpha value is -1.82. The Labute approximate surface area is 115 Å². The molecule has 1 aliphatic rings. The minimum absolute atomic E-state index is 0.0186. The highest BCUT2D eigenvalue weighted by atomic mass is 35.5. The third-order valence-corrected chi connectivity index (χ3v) is 3.16. The van der Waals surface area contributed by atoms with Crippen molar-refractivity contribution in [1.82, 2.24) is 4.90 Å². The van der Waals surface area contributed by atoms with Gasteiger partial charge in [-0.25, -0.2) is 0 Å². The number of benzene rings is 1. The zero-order valence-corrected chi connectivity index (χ0v) is 10.9. The third kappa shape index (κ3) is 3.35. The van der Waals surface area contributed by atoms with Crippen LogP contribution in [0.3, 0.4) is 0 Å². The molecule has 1 amide bonds. The molecule has 0 aliphatic carbocycles. The fourth-order valence-corrected chi connectivity index (χ4v) is 2.11. The molecule has 102 valence electrons. The molecular formula is C12H13ClN2O4. The van der Waals surface area contributed by atoms with Crippen LogP contribution in [0.1, 0.15) is 12.8 Å². The molecule has 0 N–H and O–H groups in total. The van der Waals surface area contributed by atoms with E-state index >= 15 is 0 Å². The number of hydrogen-bond acceptors (Lipinski definition) is 4.